The van der Waals surface area contributed by atoms with E-state index in [-0.39, 0.29) is 5.69 Å². The molecule has 0 spiro atoms. The lowest BCUT2D eigenvalue weighted by atomic mass is 10.1. The number of nitrogens with two attached hydrogens (primary N) is 1. The topological polar surface area (TPSA) is 103 Å². The zero-order valence-corrected chi connectivity index (χ0v) is 13.7. The van der Waals surface area contributed by atoms with Crippen LogP contribution < -0.4 is 10.5 Å². The zero-order chi connectivity index (χ0) is 17.8. The summed E-state index contributed by atoms with van der Waals surface area (Å²) in [6.45, 7) is 0.660. The van der Waals surface area contributed by atoms with Crippen LogP contribution in [-0.2, 0) is 6.54 Å². The molecule has 0 radical (unpaired) electrons. The first-order valence-corrected chi connectivity index (χ1v) is 7.74. The lowest BCUT2D eigenvalue weighted by Crippen LogP contribution is -2.16. The maximum Gasteiger partial charge on any atom is 0.354 e. The molecule has 2 aromatic heterocycles. The Morgan fingerprint density at radius 1 is 1.16 bits per heavy atom. The average Bonchev–Trinajstić information content (AvgIpc) is 3.07. The smallest absolute Gasteiger partial charge is 0.354 e. The summed E-state index contributed by atoms with van der Waals surface area (Å²) in [6.07, 6.45) is 1.68. The minimum Gasteiger partial charge on any atom is -0.497 e. The molecule has 1 aromatic carbocycles. The molecule has 7 heteroatoms. The molecule has 0 saturated heterocycles. The number of ether oxygens (including phenoxy) is 1. The number of carbonyl (C=O) groups is 1. The molecule has 3 aromatic rings. The zero-order valence-electron chi connectivity index (χ0n) is 13.7. The SMILES string of the molecule is COc1ccc(-c2cc(-c3cc(C(=O)O)n(CCN)n3)ccn2)cc1. The van der Waals surface area contributed by atoms with Gasteiger partial charge in [0.05, 0.1) is 25.0 Å². The fraction of sp³-hybridized carbons (Fsp3) is 0.167. The molecule has 0 bridgehead atoms. The van der Waals surface area contributed by atoms with E-state index in [9.17, 15) is 9.90 Å². The molecule has 0 aliphatic carbocycles. The van der Waals surface area contributed by atoms with Crippen molar-refractivity contribution in [1.29, 1.82) is 0 Å². The van der Waals surface area contributed by atoms with Gasteiger partial charge < -0.3 is 15.6 Å². The van der Waals surface area contributed by atoms with Crippen molar-refractivity contribution in [2.45, 2.75) is 6.54 Å². The second kappa shape index (κ2) is 7.14. The molecule has 25 heavy (non-hydrogen) atoms. The van der Waals surface area contributed by atoms with Gasteiger partial charge in [-0.1, -0.05) is 0 Å². The molecule has 0 fully saturated rings. The molecule has 0 aliphatic rings. The third-order valence-corrected chi connectivity index (χ3v) is 3.78. The first-order valence-electron chi connectivity index (χ1n) is 7.74. The molecule has 0 aliphatic heterocycles. The Kier molecular flexibility index (Phi) is 4.76. The van der Waals surface area contributed by atoms with Crippen molar-refractivity contribution in [1.82, 2.24) is 14.8 Å². The van der Waals surface area contributed by atoms with Crippen molar-refractivity contribution < 1.29 is 14.6 Å². The van der Waals surface area contributed by atoms with E-state index in [2.05, 4.69) is 10.1 Å². The minimum atomic E-state index is -1.03. The minimum absolute atomic E-state index is 0.114. The summed E-state index contributed by atoms with van der Waals surface area (Å²) in [5.41, 5.74) is 8.71. The number of hydrogen-bond donors (Lipinski definition) is 2. The molecule has 0 amide bonds. The van der Waals surface area contributed by atoms with Crippen LogP contribution >= 0.6 is 0 Å². The van der Waals surface area contributed by atoms with Crippen LogP contribution in [0.1, 0.15) is 10.5 Å². The van der Waals surface area contributed by atoms with Gasteiger partial charge in [0.15, 0.2) is 0 Å². The molecule has 0 atom stereocenters. The van der Waals surface area contributed by atoms with Gasteiger partial charge in [0.2, 0.25) is 0 Å². The molecule has 128 valence electrons. The Labute approximate surface area is 144 Å². The van der Waals surface area contributed by atoms with Crippen LogP contribution in [0.3, 0.4) is 0 Å². The maximum atomic E-state index is 11.4. The van der Waals surface area contributed by atoms with Gasteiger partial charge >= 0.3 is 5.97 Å². The summed E-state index contributed by atoms with van der Waals surface area (Å²) in [7, 11) is 1.62. The van der Waals surface area contributed by atoms with Crippen LogP contribution in [0, 0.1) is 0 Å². The van der Waals surface area contributed by atoms with Crippen molar-refractivity contribution in [2.75, 3.05) is 13.7 Å². The molecular formula is C18H18N4O3. The number of rotatable bonds is 6. The van der Waals surface area contributed by atoms with Gasteiger partial charge in [-0.2, -0.15) is 5.10 Å². The van der Waals surface area contributed by atoms with Gasteiger partial charge in [0.1, 0.15) is 11.4 Å². The molecule has 0 unspecified atom stereocenters. The van der Waals surface area contributed by atoms with Gasteiger partial charge in [0.25, 0.3) is 0 Å². The first-order chi connectivity index (χ1) is 12.1. The molecule has 0 saturated carbocycles. The number of aromatic nitrogens is 3. The summed E-state index contributed by atoms with van der Waals surface area (Å²) in [6, 6.07) is 12.8. The number of carboxylic acids is 1. The van der Waals surface area contributed by atoms with Gasteiger partial charge in [-0.15, -0.1) is 0 Å². The van der Waals surface area contributed by atoms with Crippen molar-refractivity contribution in [3.05, 3.63) is 54.4 Å². The Morgan fingerprint density at radius 3 is 2.56 bits per heavy atom. The fourth-order valence-corrected chi connectivity index (χ4v) is 2.53. The summed E-state index contributed by atoms with van der Waals surface area (Å²) in [5.74, 6) is -0.261. The molecule has 7 nitrogen and oxygen atoms in total. The van der Waals surface area contributed by atoms with E-state index < -0.39 is 5.97 Å². The number of nitrogens with zero attached hydrogens (tertiary/aromatic N) is 3. The number of hydrogen-bond acceptors (Lipinski definition) is 5. The maximum absolute atomic E-state index is 11.4. The Hall–Kier alpha value is -3.19. The summed E-state index contributed by atoms with van der Waals surface area (Å²) >= 11 is 0. The summed E-state index contributed by atoms with van der Waals surface area (Å²) in [4.78, 5) is 15.7. The van der Waals surface area contributed by atoms with Crippen LogP contribution in [0.2, 0.25) is 0 Å². The van der Waals surface area contributed by atoms with Gasteiger partial charge in [0, 0.05) is 23.9 Å². The van der Waals surface area contributed by atoms with Crippen molar-refractivity contribution in [3.8, 4) is 28.3 Å². The highest BCUT2D eigenvalue weighted by atomic mass is 16.5. The third kappa shape index (κ3) is 3.51. The predicted octanol–water partition coefficient (Wildman–Crippen LogP) is 2.28. The molecule has 2 heterocycles. The highest BCUT2D eigenvalue weighted by molar-refractivity contribution is 5.87. The van der Waals surface area contributed by atoms with Gasteiger partial charge in [-0.25, -0.2) is 4.79 Å². The van der Waals surface area contributed by atoms with E-state index in [0.717, 1.165) is 22.6 Å². The average molecular weight is 338 g/mol. The van der Waals surface area contributed by atoms with Crippen LogP contribution in [0.15, 0.2) is 48.7 Å². The van der Waals surface area contributed by atoms with Crippen molar-refractivity contribution >= 4 is 5.97 Å². The largest absolute Gasteiger partial charge is 0.497 e. The molecular weight excluding hydrogens is 320 g/mol. The van der Waals surface area contributed by atoms with Crippen LogP contribution in [0.5, 0.6) is 5.75 Å². The van der Waals surface area contributed by atoms with E-state index >= 15 is 0 Å². The number of aromatic carboxylic acids is 1. The normalized spacial score (nSPS) is 10.6. The number of benzene rings is 1. The van der Waals surface area contributed by atoms with Crippen LogP contribution in [0.25, 0.3) is 22.5 Å². The standard InChI is InChI=1S/C18H18N4O3/c1-25-14-4-2-12(3-5-14)15-10-13(6-8-20-15)16-11-17(18(23)24)22(21-16)9-7-19/h2-6,8,10-11H,7,9,19H2,1H3,(H,23,24). The fourth-order valence-electron chi connectivity index (χ4n) is 2.53. The lowest BCUT2D eigenvalue weighted by Gasteiger charge is -2.05. The second-order valence-electron chi connectivity index (χ2n) is 5.39. The predicted molar refractivity (Wildman–Crippen MR) is 93.5 cm³/mol. The number of carboxylic acid groups (broad SMARTS) is 1. The van der Waals surface area contributed by atoms with Crippen LogP contribution in [0.4, 0.5) is 0 Å². The lowest BCUT2D eigenvalue weighted by molar-refractivity contribution is 0.0683. The highest BCUT2D eigenvalue weighted by Gasteiger charge is 2.15. The van der Waals surface area contributed by atoms with E-state index in [1.165, 1.54) is 4.68 Å². The monoisotopic (exact) mass is 338 g/mol. The second-order valence-corrected chi connectivity index (χ2v) is 5.39. The molecule has 3 rings (SSSR count). The van der Waals surface area contributed by atoms with E-state index in [1.54, 1.807) is 25.4 Å². The Morgan fingerprint density at radius 2 is 1.92 bits per heavy atom. The van der Waals surface area contributed by atoms with E-state index in [1.807, 2.05) is 30.3 Å². The number of methoxy groups -OCH3 is 1. The van der Waals surface area contributed by atoms with Gasteiger partial charge in [-0.05, 0) is 42.5 Å². The van der Waals surface area contributed by atoms with Crippen molar-refractivity contribution in [3.63, 3.8) is 0 Å². The first kappa shape index (κ1) is 16.7. The van der Waals surface area contributed by atoms with E-state index in [4.69, 9.17) is 10.5 Å². The Bertz CT molecular complexity index is 888. The van der Waals surface area contributed by atoms with Gasteiger partial charge in [-0.3, -0.25) is 9.67 Å². The van der Waals surface area contributed by atoms with Crippen LogP contribution in [-0.4, -0.2) is 39.5 Å². The summed E-state index contributed by atoms with van der Waals surface area (Å²) in [5, 5.41) is 13.7. The summed E-state index contributed by atoms with van der Waals surface area (Å²) < 4.78 is 6.57. The quantitative estimate of drug-likeness (QED) is 0.715. The van der Waals surface area contributed by atoms with Crippen molar-refractivity contribution in [2.24, 2.45) is 5.73 Å². The Balaban J connectivity index is 1.98. The third-order valence-electron chi connectivity index (χ3n) is 3.78. The number of pyridine rings is 1. The molecule has 3 N–H and O–H groups in total. The highest BCUT2D eigenvalue weighted by Crippen LogP contribution is 2.25. The van der Waals surface area contributed by atoms with E-state index in [0.29, 0.717) is 18.8 Å².